The quantitative estimate of drug-likeness (QED) is 0.654. The van der Waals surface area contributed by atoms with E-state index < -0.39 is 0 Å². The van der Waals surface area contributed by atoms with Crippen LogP contribution in [-0.2, 0) is 16.0 Å². The highest BCUT2D eigenvalue weighted by atomic mass is 16.2. The van der Waals surface area contributed by atoms with Crippen molar-refractivity contribution in [1.29, 1.82) is 0 Å². The standard InChI is InChI=1S/C25H25N3O2/c29-24(15-22-20-8-4-5-9-21(20)23-16-26-17-28(22)23)19-10-12-27(13-11-19)25(30)14-18-6-2-1-3-7-18/h1-9,16-17,19,22H,10-15H2/t22-/m0/s1. The molecule has 5 heteroatoms. The minimum absolute atomic E-state index is 0.0314. The Kier molecular flexibility index (Phi) is 4.95. The van der Waals surface area contributed by atoms with Gasteiger partial charge in [-0.15, -0.1) is 0 Å². The van der Waals surface area contributed by atoms with Gasteiger partial charge in [0.1, 0.15) is 5.78 Å². The van der Waals surface area contributed by atoms with Gasteiger partial charge in [-0.1, -0.05) is 54.6 Å². The van der Waals surface area contributed by atoms with Gasteiger partial charge < -0.3 is 9.47 Å². The number of imidazole rings is 1. The van der Waals surface area contributed by atoms with Crippen LogP contribution in [0, 0.1) is 5.92 Å². The number of carbonyl (C=O) groups is 2. The number of likely N-dealkylation sites (tertiary alicyclic amines) is 1. The Morgan fingerprint density at radius 1 is 0.967 bits per heavy atom. The van der Waals surface area contributed by atoms with Crippen molar-refractivity contribution in [3.8, 4) is 11.3 Å². The van der Waals surface area contributed by atoms with Gasteiger partial charge >= 0.3 is 0 Å². The zero-order valence-electron chi connectivity index (χ0n) is 16.9. The van der Waals surface area contributed by atoms with E-state index in [1.165, 1.54) is 11.1 Å². The summed E-state index contributed by atoms with van der Waals surface area (Å²) in [4.78, 5) is 31.9. The Balaban J connectivity index is 1.20. The third-order valence-corrected chi connectivity index (χ3v) is 6.49. The van der Waals surface area contributed by atoms with Crippen LogP contribution in [0.1, 0.15) is 36.4 Å². The lowest BCUT2D eigenvalue weighted by Gasteiger charge is -2.32. The predicted molar refractivity (Wildman–Crippen MR) is 115 cm³/mol. The van der Waals surface area contributed by atoms with Crippen LogP contribution in [0.2, 0.25) is 0 Å². The zero-order chi connectivity index (χ0) is 20.5. The molecule has 3 aromatic rings. The summed E-state index contributed by atoms with van der Waals surface area (Å²) in [5.74, 6) is 0.483. The molecule has 2 aliphatic rings. The molecular formula is C25H25N3O2. The Hall–Kier alpha value is -3.21. The van der Waals surface area contributed by atoms with E-state index in [-0.39, 0.29) is 17.9 Å². The molecule has 0 bridgehead atoms. The molecule has 0 aliphatic carbocycles. The Morgan fingerprint density at radius 3 is 2.50 bits per heavy atom. The number of fused-ring (bicyclic) bond motifs is 3. The van der Waals surface area contributed by atoms with E-state index in [2.05, 4.69) is 21.7 Å². The fraction of sp³-hybridized carbons (Fsp3) is 0.320. The topological polar surface area (TPSA) is 55.2 Å². The molecule has 1 atom stereocenters. The number of piperidine rings is 1. The number of aromatic nitrogens is 2. The molecule has 2 aromatic carbocycles. The summed E-state index contributed by atoms with van der Waals surface area (Å²) in [5, 5.41) is 0. The monoisotopic (exact) mass is 399 g/mol. The molecule has 3 heterocycles. The van der Waals surface area contributed by atoms with Crippen molar-refractivity contribution < 1.29 is 9.59 Å². The van der Waals surface area contributed by atoms with Crippen LogP contribution >= 0.6 is 0 Å². The summed E-state index contributed by atoms with van der Waals surface area (Å²) < 4.78 is 2.13. The molecule has 0 N–H and O–H groups in total. The summed E-state index contributed by atoms with van der Waals surface area (Å²) in [6.07, 6.45) is 6.14. The van der Waals surface area contributed by atoms with Gasteiger partial charge in [-0.2, -0.15) is 0 Å². The Morgan fingerprint density at radius 2 is 1.70 bits per heavy atom. The van der Waals surface area contributed by atoms with Gasteiger partial charge in [0.25, 0.3) is 0 Å². The van der Waals surface area contributed by atoms with Gasteiger partial charge in [-0.3, -0.25) is 9.59 Å². The lowest BCUT2D eigenvalue weighted by molar-refractivity contribution is -0.134. The second kappa shape index (κ2) is 7.90. The average Bonchev–Trinajstić information content (AvgIpc) is 3.37. The largest absolute Gasteiger partial charge is 0.342 e. The average molecular weight is 399 g/mol. The molecule has 0 saturated carbocycles. The molecule has 30 heavy (non-hydrogen) atoms. The molecular weight excluding hydrogens is 374 g/mol. The molecule has 0 unspecified atom stereocenters. The van der Waals surface area contributed by atoms with E-state index in [0.29, 0.717) is 31.7 Å². The van der Waals surface area contributed by atoms with Crippen LogP contribution in [0.25, 0.3) is 11.3 Å². The molecule has 1 saturated heterocycles. The first-order valence-electron chi connectivity index (χ1n) is 10.7. The highest BCUT2D eigenvalue weighted by Gasteiger charge is 2.33. The number of ketones is 1. The van der Waals surface area contributed by atoms with Crippen LogP contribution in [0.3, 0.4) is 0 Å². The minimum atomic E-state index is 0.0314. The molecule has 5 nitrogen and oxygen atoms in total. The van der Waals surface area contributed by atoms with E-state index in [1.807, 2.05) is 59.9 Å². The van der Waals surface area contributed by atoms with Crippen molar-refractivity contribution >= 4 is 11.7 Å². The summed E-state index contributed by atoms with van der Waals surface area (Å²) in [6, 6.07) is 18.2. The molecule has 0 spiro atoms. The van der Waals surface area contributed by atoms with Crippen molar-refractivity contribution in [2.75, 3.05) is 13.1 Å². The van der Waals surface area contributed by atoms with Crippen LogP contribution in [-0.4, -0.2) is 39.2 Å². The number of Topliss-reactive ketones (excluding diaryl/α,β-unsaturated/α-hetero) is 1. The van der Waals surface area contributed by atoms with Gasteiger partial charge in [0.05, 0.1) is 30.7 Å². The third kappa shape index (κ3) is 3.45. The molecule has 2 aliphatic heterocycles. The summed E-state index contributed by atoms with van der Waals surface area (Å²) in [6.45, 7) is 1.33. The van der Waals surface area contributed by atoms with Gasteiger partial charge in [0.2, 0.25) is 5.91 Å². The number of rotatable bonds is 5. The van der Waals surface area contributed by atoms with Crippen molar-refractivity contribution in [2.45, 2.75) is 31.7 Å². The van der Waals surface area contributed by atoms with Crippen LogP contribution in [0.15, 0.2) is 67.1 Å². The molecule has 5 rings (SSSR count). The maximum atomic E-state index is 13.1. The normalized spacial score (nSPS) is 18.1. The fourth-order valence-electron chi connectivity index (χ4n) is 4.83. The summed E-state index contributed by atoms with van der Waals surface area (Å²) in [5.41, 5.74) is 4.51. The first kappa shape index (κ1) is 18.8. The fourth-order valence-corrected chi connectivity index (χ4v) is 4.83. The number of nitrogens with zero attached hydrogens (tertiary/aromatic N) is 3. The van der Waals surface area contributed by atoms with Crippen molar-refractivity contribution in [2.24, 2.45) is 5.92 Å². The van der Waals surface area contributed by atoms with E-state index >= 15 is 0 Å². The smallest absolute Gasteiger partial charge is 0.226 e. The SMILES string of the molecule is O=C(C[C@H]1c2ccccc2-c2cncn21)C1CCN(C(=O)Cc2ccccc2)CC1. The van der Waals surface area contributed by atoms with Gasteiger partial charge in [0, 0.05) is 31.0 Å². The van der Waals surface area contributed by atoms with Crippen molar-refractivity contribution in [3.63, 3.8) is 0 Å². The summed E-state index contributed by atoms with van der Waals surface area (Å²) in [7, 11) is 0. The van der Waals surface area contributed by atoms with E-state index in [4.69, 9.17) is 0 Å². The Bertz CT molecular complexity index is 1060. The van der Waals surface area contributed by atoms with Crippen LogP contribution in [0.4, 0.5) is 0 Å². The van der Waals surface area contributed by atoms with Crippen LogP contribution < -0.4 is 0 Å². The molecule has 1 fully saturated rings. The number of hydrogen-bond donors (Lipinski definition) is 0. The van der Waals surface area contributed by atoms with E-state index in [1.54, 1.807) is 0 Å². The number of amides is 1. The molecule has 0 radical (unpaired) electrons. The van der Waals surface area contributed by atoms with Gasteiger partial charge in [-0.25, -0.2) is 4.98 Å². The van der Waals surface area contributed by atoms with E-state index in [0.717, 1.165) is 24.1 Å². The number of carbonyl (C=O) groups excluding carboxylic acids is 2. The molecule has 1 aromatic heterocycles. The van der Waals surface area contributed by atoms with Crippen molar-refractivity contribution in [1.82, 2.24) is 14.5 Å². The number of benzene rings is 2. The molecule has 152 valence electrons. The Labute approximate surface area is 176 Å². The lowest BCUT2D eigenvalue weighted by atomic mass is 9.87. The van der Waals surface area contributed by atoms with Gasteiger partial charge in [-0.05, 0) is 24.0 Å². The second-order valence-corrected chi connectivity index (χ2v) is 8.28. The maximum Gasteiger partial charge on any atom is 0.226 e. The van der Waals surface area contributed by atoms with Crippen LogP contribution in [0.5, 0.6) is 0 Å². The predicted octanol–water partition coefficient (Wildman–Crippen LogP) is 3.89. The second-order valence-electron chi connectivity index (χ2n) is 8.28. The van der Waals surface area contributed by atoms with Gasteiger partial charge in [0.15, 0.2) is 0 Å². The molecule has 1 amide bonds. The first-order valence-corrected chi connectivity index (χ1v) is 10.7. The highest BCUT2D eigenvalue weighted by molar-refractivity contribution is 5.84. The van der Waals surface area contributed by atoms with E-state index in [9.17, 15) is 9.59 Å². The number of hydrogen-bond acceptors (Lipinski definition) is 3. The highest BCUT2D eigenvalue weighted by Crippen LogP contribution is 2.41. The maximum absolute atomic E-state index is 13.1. The zero-order valence-corrected chi connectivity index (χ0v) is 16.9. The summed E-state index contributed by atoms with van der Waals surface area (Å²) >= 11 is 0. The third-order valence-electron chi connectivity index (χ3n) is 6.49. The first-order chi connectivity index (χ1) is 14.7. The lowest BCUT2D eigenvalue weighted by Crippen LogP contribution is -2.41. The van der Waals surface area contributed by atoms with Crippen molar-refractivity contribution in [3.05, 3.63) is 78.2 Å². The minimum Gasteiger partial charge on any atom is -0.342 e.